The Morgan fingerprint density at radius 3 is 3.06 bits per heavy atom. The predicted molar refractivity (Wildman–Crippen MR) is 71.4 cm³/mol. The fourth-order valence-corrected chi connectivity index (χ4v) is 1.71. The van der Waals surface area contributed by atoms with E-state index < -0.39 is 0 Å². The van der Waals surface area contributed by atoms with E-state index in [-0.39, 0.29) is 12.5 Å². The normalized spacial score (nSPS) is 10.4. The van der Waals surface area contributed by atoms with Crippen LogP contribution in [0, 0.1) is 0 Å². The van der Waals surface area contributed by atoms with Gasteiger partial charge in [-0.3, -0.25) is 9.69 Å². The van der Waals surface area contributed by atoms with Crippen molar-refractivity contribution in [3.8, 4) is 0 Å². The van der Waals surface area contributed by atoms with Gasteiger partial charge in [0.15, 0.2) is 0 Å². The van der Waals surface area contributed by atoms with Crippen molar-refractivity contribution in [2.75, 3.05) is 19.7 Å². The minimum atomic E-state index is -0.251. The standard InChI is InChI=1S/C13H17ClN2O2/c1-3-8-16(10-12(17)18-4-2)9-11-6-5-7-15-13(11)14/h3,5-7H,1,4,8-10H2,2H3. The van der Waals surface area contributed by atoms with E-state index in [4.69, 9.17) is 16.3 Å². The van der Waals surface area contributed by atoms with E-state index in [0.717, 1.165) is 5.56 Å². The van der Waals surface area contributed by atoms with Crippen molar-refractivity contribution in [3.63, 3.8) is 0 Å². The van der Waals surface area contributed by atoms with Crippen molar-refractivity contribution in [2.24, 2.45) is 0 Å². The van der Waals surface area contributed by atoms with Crippen LogP contribution >= 0.6 is 11.6 Å². The quantitative estimate of drug-likeness (QED) is 0.432. The molecule has 0 spiro atoms. The van der Waals surface area contributed by atoms with E-state index in [9.17, 15) is 4.79 Å². The highest BCUT2D eigenvalue weighted by Gasteiger charge is 2.12. The molecule has 0 aliphatic heterocycles. The van der Waals surface area contributed by atoms with Crippen LogP contribution in [0.15, 0.2) is 31.0 Å². The second-order valence-electron chi connectivity index (χ2n) is 3.72. The fraction of sp³-hybridized carbons (Fsp3) is 0.385. The monoisotopic (exact) mass is 268 g/mol. The molecule has 0 N–H and O–H groups in total. The number of hydrogen-bond acceptors (Lipinski definition) is 4. The number of carbonyl (C=O) groups excluding carboxylic acids is 1. The number of rotatable bonds is 7. The maximum absolute atomic E-state index is 11.5. The zero-order chi connectivity index (χ0) is 13.4. The third-order valence-corrected chi connectivity index (χ3v) is 2.62. The average Bonchev–Trinajstić information content (AvgIpc) is 2.32. The average molecular weight is 269 g/mol. The molecule has 0 bridgehead atoms. The Kier molecular flexibility index (Phi) is 6.39. The molecule has 5 heteroatoms. The van der Waals surface area contributed by atoms with Crippen molar-refractivity contribution in [1.29, 1.82) is 0 Å². The lowest BCUT2D eigenvalue weighted by Gasteiger charge is -2.19. The van der Waals surface area contributed by atoms with Crippen LogP contribution in [-0.2, 0) is 16.1 Å². The summed E-state index contributed by atoms with van der Waals surface area (Å²) in [6.45, 7) is 7.18. The molecule has 0 amide bonds. The highest BCUT2D eigenvalue weighted by Crippen LogP contribution is 2.14. The molecule has 1 aromatic rings. The number of nitrogens with zero attached hydrogens (tertiary/aromatic N) is 2. The number of ether oxygens (including phenoxy) is 1. The summed E-state index contributed by atoms with van der Waals surface area (Å²) in [5.41, 5.74) is 0.880. The van der Waals surface area contributed by atoms with Gasteiger partial charge in [0.2, 0.25) is 0 Å². The van der Waals surface area contributed by atoms with Gasteiger partial charge >= 0.3 is 5.97 Å². The van der Waals surface area contributed by atoms with Gasteiger partial charge in [0, 0.05) is 24.8 Å². The van der Waals surface area contributed by atoms with Crippen molar-refractivity contribution in [1.82, 2.24) is 9.88 Å². The minimum absolute atomic E-state index is 0.213. The van der Waals surface area contributed by atoms with E-state index in [1.165, 1.54) is 0 Å². The van der Waals surface area contributed by atoms with Crippen molar-refractivity contribution < 1.29 is 9.53 Å². The zero-order valence-electron chi connectivity index (χ0n) is 10.4. The smallest absolute Gasteiger partial charge is 0.320 e. The summed E-state index contributed by atoms with van der Waals surface area (Å²) in [4.78, 5) is 17.4. The number of pyridine rings is 1. The summed E-state index contributed by atoms with van der Waals surface area (Å²) in [5.74, 6) is -0.251. The van der Waals surface area contributed by atoms with Gasteiger partial charge in [0.05, 0.1) is 13.2 Å². The largest absolute Gasteiger partial charge is 0.465 e. The third kappa shape index (κ3) is 4.85. The molecule has 98 valence electrons. The van der Waals surface area contributed by atoms with Crippen LogP contribution in [-0.4, -0.2) is 35.5 Å². The lowest BCUT2D eigenvalue weighted by molar-refractivity contribution is -0.144. The Morgan fingerprint density at radius 2 is 2.44 bits per heavy atom. The molecular formula is C13H17ClN2O2. The summed E-state index contributed by atoms with van der Waals surface area (Å²) < 4.78 is 4.92. The van der Waals surface area contributed by atoms with Gasteiger partial charge in [-0.1, -0.05) is 23.7 Å². The molecule has 0 unspecified atom stereocenters. The van der Waals surface area contributed by atoms with Gasteiger partial charge in [-0.05, 0) is 13.0 Å². The zero-order valence-corrected chi connectivity index (χ0v) is 11.2. The summed E-state index contributed by atoms with van der Waals surface area (Å²) in [5, 5.41) is 0.454. The number of halogens is 1. The topological polar surface area (TPSA) is 42.4 Å². The van der Waals surface area contributed by atoms with E-state index in [2.05, 4.69) is 11.6 Å². The Balaban J connectivity index is 2.65. The maximum Gasteiger partial charge on any atom is 0.320 e. The van der Waals surface area contributed by atoms with Gasteiger partial charge in [-0.2, -0.15) is 0 Å². The van der Waals surface area contributed by atoms with Crippen molar-refractivity contribution >= 4 is 17.6 Å². The maximum atomic E-state index is 11.5. The van der Waals surface area contributed by atoms with Crippen LogP contribution in [0.3, 0.4) is 0 Å². The predicted octanol–water partition coefficient (Wildman–Crippen LogP) is 2.29. The molecule has 0 aliphatic rings. The van der Waals surface area contributed by atoms with Crippen molar-refractivity contribution in [3.05, 3.63) is 41.7 Å². The summed E-state index contributed by atoms with van der Waals surface area (Å²) in [6, 6.07) is 3.70. The second kappa shape index (κ2) is 7.84. The molecule has 0 fully saturated rings. The Morgan fingerprint density at radius 1 is 1.67 bits per heavy atom. The van der Waals surface area contributed by atoms with Crippen molar-refractivity contribution in [2.45, 2.75) is 13.5 Å². The van der Waals surface area contributed by atoms with E-state index >= 15 is 0 Å². The summed E-state index contributed by atoms with van der Waals surface area (Å²) >= 11 is 5.99. The highest BCUT2D eigenvalue weighted by atomic mass is 35.5. The molecule has 0 radical (unpaired) electrons. The molecule has 0 aliphatic carbocycles. The SMILES string of the molecule is C=CCN(CC(=O)OCC)Cc1cccnc1Cl. The fourth-order valence-electron chi connectivity index (χ4n) is 1.53. The summed E-state index contributed by atoms with van der Waals surface area (Å²) in [6.07, 6.45) is 3.37. The third-order valence-electron chi connectivity index (χ3n) is 2.28. The molecule has 0 saturated heterocycles. The molecule has 0 saturated carbocycles. The second-order valence-corrected chi connectivity index (χ2v) is 4.07. The molecule has 18 heavy (non-hydrogen) atoms. The number of esters is 1. The molecule has 4 nitrogen and oxygen atoms in total. The van der Waals surface area contributed by atoms with Gasteiger partial charge in [0.1, 0.15) is 5.15 Å². The highest BCUT2D eigenvalue weighted by molar-refractivity contribution is 6.30. The first-order valence-corrected chi connectivity index (χ1v) is 6.13. The molecule has 1 heterocycles. The Labute approximate surface area is 112 Å². The number of carbonyl (C=O) groups is 1. The van der Waals surface area contributed by atoms with Crippen LogP contribution in [0.25, 0.3) is 0 Å². The van der Waals surface area contributed by atoms with E-state index in [1.807, 2.05) is 17.0 Å². The Hall–Kier alpha value is -1.39. The van der Waals surface area contributed by atoms with Crippen LogP contribution in [0.4, 0.5) is 0 Å². The first-order chi connectivity index (χ1) is 8.67. The molecule has 1 rings (SSSR count). The molecule has 0 atom stereocenters. The van der Waals surface area contributed by atoms with Crippen LogP contribution in [0.1, 0.15) is 12.5 Å². The first kappa shape index (κ1) is 14.7. The Bertz CT molecular complexity index is 410. The minimum Gasteiger partial charge on any atom is -0.465 e. The lowest BCUT2D eigenvalue weighted by atomic mass is 10.2. The van der Waals surface area contributed by atoms with Gasteiger partial charge in [-0.15, -0.1) is 6.58 Å². The summed E-state index contributed by atoms with van der Waals surface area (Å²) in [7, 11) is 0. The lowest BCUT2D eigenvalue weighted by Crippen LogP contribution is -2.31. The molecule has 1 aromatic heterocycles. The van der Waals surface area contributed by atoms with Crippen LogP contribution < -0.4 is 0 Å². The van der Waals surface area contributed by atoms with E-state index in [0.29, 0.717) is 24.8 Å². The molecule has 0 aromatic carbocycles. The van der Waals surface area contributed by atoms with Gasteiger partial charge < -0.3 is 4.74 Å². The number of hydrogen-bond donors (Lipinski definition) is 0. The number of aromatic nitrogens is 1. The van der Waals surface area contributed by atoms with Crippen LogP contribution in [0.5, 0.6) is 0 Å². The van der Waals surface area contributed by atoms with E-state index in [1.54, 1.807) is 19.2 Å². The van der Waals surface area contributed by atoms with Gasteiger partial charge in [-0.25, -0.2) is 4.98 Å². The van der Waals surface area contributed by atoms with Gasteiger partial charge in [0.25, 0.3) is 0 Å². The molecular weight excluding hydrogens is 252 g/mol. The first-order valence-electron chi connectivity index (χ1n) is 5.75. The van der Waals surface area contributed by atoms with Crippen LogP contribution in [0.2, 0.25) is 5.15 Å².